The third-order valence-corrected chi connectivity index (χ3v) is 4.23. The van der Waals surface area contributed by atoms with Gasteiger partial charge in [0.2, 0.25) is 6.17 Å². The largest absolute Gasteiger partial charge is 0.312 e. The van der Waals surface area contributed by atoms with Crippen LogP contribution in [0.5, 0.6) is 0 Å². The summed E-state index contributed by atoms with van der Waals surface area (Å²) in [6.45, 7) is 1.60. The van der Waals surface area contributed by atoms with E-state index < -0.39 is 20.8 Å². The fraction of sp³-hybridized carbons (Fsp3) is 0.462. The second-order valence-electron chi connectivity index (χ2n) is 5.12. The van der Waals surface area contributed by atoms with Crippen molar-refractivity contribution in [2.75, 3.05) is 13.1 Å². The fourth-order valence-electron chi connectivity index (χ4n) is 2.51. The number of nitrogens with one attached hydrogen (secondary N) is 2. The number of nitro groups is 1. The maximum absolute atomic E-state index is 12.3. The summed E-state index contributed by atoms with van der Waals surface area (Å²) in [5.41, 5.74) is -0.00125. The van der Waals surface area contributed by atoms with Crippen molar-refractivity contribution in [1.82, 2.24) is 5.32 Å². The highest BCUT2D eigenvalue weighted by Gasteiger charge is 2.43. The minimum Gasteiger partial charge on any atom is -0.312 e. The molecule has 1 aliphatic rings. The van der Waals surface area contributed by atoms with Crippen molar-refractivity contribution in [3.05, 3.63) is 39.9 Å². The standard InChI is InChI=1S/C13H14Cl3N3O3/c14-13(15,16)12(18-6-1-2-7-18)17-11(20)9-4-3-5-10(8-9)19(21)22/h3-5,8,12H,1-2,6-7H2,(H,17,20)/p+1/t12-/m0/s1. The molecule has 6 nitrogen and oxygen atoms in total. The summed E-state index contributed by atoms with van der Waals surface area (Å²) in [4.78, 5) is 23.5. The second-order valence-corrected chi connectivity index (χ2v) is 7.49. The summed E-state index contributed by atoms with van der Waals surface area (Å²) in [5.74, 6) is -0.501. The van der Waals surface area contributed by atoms with Gasteiger partial charge >= 0.3 is 0 Å². The van der Waals surface area contributed by atoms with E-state index >= 15 is 0 Å². The van der Waals surface area contributed by atoms with Crippen LogP contribution < -0.4 is 10.2 Å². The molecule has 0 spiro atoms. The molecule has 0 saturated carbocycles. The Labute approximate surface area is 142 Å². The quantitative estimate of drug-likeness (QED) is 0.483. The lowest BCUT2D eigenvalue weighted by molar-refractivity contribution is -0.915. The van der Waals surface area contributed by atoms with E-state index in [4.69, 9.17) is 34.8 Å². The fourth-order valence-corrected chi connectivity index (χ4v) is 3.13. The van der Waals surface area contributed by atoms with Gasteiger partial charge in [-0.3, -0.25) is 20.2 Å². The zero-order valence-corrected chi connectivity index (χ0v) is 13.8. The summed E-state index contributed by atoms with van der Waals surface area (Å²) >= 11 is 17.9. The van der Waals surface area contributed by atoms with Crippen molar-refractivity contribution >= 4 is 46.4 Å². The van der Waals surface area contributed by atoms with Crippen molar-refractivity contribution < 1.29 is 14.6 Å². The van der Waals surface area contributed by atoms with E-state index in [1.165, 1.54) is 24.3 Å². The Morgan fingerprint density at radius 3 is 2.50 bits per heavy atom. The number of halogens is 3. The van der Waals surface area contributed by atoms with Crippen molar-refractivity contribution in [2.45, 2.75) is 22.8 Å². The molecular formula is C13H15Cl3N3O3+. The maximum Gasteiger partial charge on any atom is 0.270 e. The van der Waals surface area contributed by atoms with Gasteiger partial charge in [-0.1, -0.05) is 40.9 Å². The van der Waals surface area contributed by atoms with Crippen molar-refractivity contribution in [3.63, 3.8) is 0 Å². The molecule has 2 N–H and O–H groups in total. The maximum atomic E-state index is 12.3. The zero-order valence-electron chi connectivity index (χ0n) is 11.5. The molecule has 1 aromatic carbocycles. The number of nitrogens with zero attached hydrogens (tertiary/aromatic N) is 1. The molecule has 0 bridgehead atoms. The molecular weight excluding hydrogens is 353 g/mol. The Morgan fingerprint density at radius 1 is 1.32 bits per heavy atom. The smallest absolute Gasteiger partial charge is 0.270 e. The van der Waals surface area contributed by atoms with Crippen molar-refractivity contribution in [3.8, 4) is 0 Å². The number of nitro benzene ring substituents is 1. The summed E-state index contributed by atoms with van der Waals surface area (Å²) < 4.78 is -1.66. The summed E-state index contributed by atoms with van der Waals surface area (Å²) in [5, 5.41) is 13.5. The van der Waals surface area contributed by atoms with E-state index in [0.717, 1.165) is 30.8 Å². The molecule has 9 heteroatoms. The van der Waals surface area contributed by atoms with Gasteiger partial charge in [-0.2, -0.15) is 0 Å². The summed E-state index contributed by atoms with van der Waals surface area (Å²) in [7, 11) is 0. The third kappa shape index (κ3) is 4.23. The Balaban J connectivity index is 2.17. The molecule has 1 aromatic rings. The molecule has 1 amide bonds. The minimum atomic E-state index is -1.66. The highest BCUT2D eigenvalue weighted by atomic mass is 35.6. The van der Waals surface area contributed by atoms with Crippen molar-refractivity contribution in [1.29, 1.82) is 0 Å². The Kier molecular flexibility index (Phi) is 5.50. The molecule has 22 heavy (non-hydrogen) atoms. The van der Waals surface area contributed by atoms with Crippen LogP contribution in [0.15, 0.2) is 24.3 Å². The topological polar surface area (TPSA) is 76.7 Å². The monoisotopic (exact) mass is 366 g/mol. The first kappa shape index (κ1) is 17.3. The number of likely N-dealkylation sites (tertiary alicyclic amines) is 1. The highest BCUT2D eigenvalue weighted by molar-refractivity contribution is 6.68. The predicted molar refractivity (Wildman–Crippen MR) is 84.6 cm³/mol. The second kappa shape index (κ2) is 7.00. The molecule has 0 radical (unpaired) electrons. The third-order valence-electron chi connectivity index (χ3n) is 3.58. The van der Waals surface area contributed by atoms with Crippen LogP contribution in [0.3, 0.4) is 0 Å². The number of amides is 1. The van der Waals surface area contributed by atoms with Crippen molar-refractivity contribution in [2.24, 2.45) is 0 Å². The molecule has 0 aliphatic carbocycles. The Hall–Kier alpha value is -1.08. The average molecular weight is 368 g/mol. The van der Waals surface area contributed by atoms with Gasteiger partial charge in [0, 0.05) is 30.5 Å². The molecule has 0 aromatic heterocycles. The normalized spacial score (nSPS) is 17.2. The van der Waals surface area contributed by atoms with Crippen LogP contribution in [0.4, 0.5) is 5.69 Å². The predicted octanol–water partition coefficient (Wildman–Crippen LogP) is 1.70. The number of hydrogen-bond donors (Lipinski definition) is 2. The van der Waals surface area contributed by atoms with E-state index in [-0.39, 0.29) is 11.3 Å². The molecule has 1 fully saturated rings. The van der Waals surface area contributed by atoms with Crippen LogP contribution in [-0.2, 0) is 0 Å². The number of carbonyl (C=O) groups excluding carboxylic acids is 1. The van der Waals surface area contributed by atoms with Gasteiger partial charge < -0.3 is 4.90 Å². The minimum absolute atomic E-state index is 0.159. The first-order chi connectivity index (χ1) is 10.3. The lowest BCUT2D eigenvalue weighted by atomic mass is 10.2. The molecule has 120 valence electrons. The van der Waals surface area contributed by atoms with Gasteiger partial charge in [0.15, 0.2) is 0 Å². The number of rotatable bonds is 4. The van der Waals surface area contributed by atoms with E-state index in [1.54, 1.807) is 0 Å². The van der Waals surface area contributed by atoms with Crippen LogP contribution >= 0.6 is 34.8 Å². The van der Waals surface area contributed by atoms with Gasteiger partial charge in [0.1, 0.15) is 0 Å². The number of benzene rings is 1. The molecule has 1 atom stereocenters. The zero-order chi connectivity index (χ0) is 16.3. The summed E-state index contributed by atoms with van der Waals surface area (Å²) in [6.07, 6.45) is 1.30. The number of carbonyl (C=O) groups is 1. The molecule has 1 saturated heterocycles. The number of quaternary nitrogens is 1. The lowest BCUT2D eigenvalue weighted by Crippen LogP contribution is -3.17. The van der Waals surface area contributed by atoms with Crippen LogP contribution in [0.25, 0.3) is 0 Å². The number of non-ortho nitro benzene ring substituents is 1. The van der Waals surface area contributed by atoms with E-state index in [2.05, 4.69) is 5.32 Å². The van der Waals surface area contributed by atoms with Gasteiger partial charge in [-0.25, -0.2) is 0 Å². The van der Waals surface area contributed by atoms with E-state index in [1.807, 2.05) is 0 Å². The summed E-state index contributed by atoms with van der Waals surface area (Å²) in [6, 6.07) is 5.44. The lowest BCUT2D eigenvalue weighted by Gasteiger charge is -2.30. The molecule has 1 aliphatic heterocycles. The van der Waals surface area contributed by atoms with Crippen LogP contribution in [0, 0.1) is 10.1 Å². The number of hydrogen-bond acceptors (Lipinski definition) is 3. The van der Waals surface area contributed by atoms with E-state index in [9.17, 15) is 14.9 Å². The van der Waals surface area contributed by atoms with Gasteiger partial charge in [0.25, 0.3) is 15.4 Å². The first-order valence-electron chi connectivity index (χ1n) is 6.75. The molecule has 2 rings (SSSR count). The Bertz CT molecular complexity index is 571. The van der Waals surface area contributed by atoms with Gasteiger partial charge in [-0.05, 0) is 6.07 Å². The van der Waals surface area contributed by atoms with Crippen LogP contribution in [0.1, 0.15) is 23.2 Å². The highest BCUT2D eigenvalue weighted by Crippen LogP contribution is 2.28. The van der Waals surface area contributed by atoms with Gasteiger partial charge in [0.05, 0.1) is 18.0 Å². The number of alkyl halides is 3. The molecule has 0 unspecified atom stereocenters. The van der Waals surface area contributed by atoms with E-state index in [0.29, 0.717) is 0 Å². The molecule has 1 heterocycles. The Morgan fingerprint density at radius 2 is 1.95 bits per heavy atom. The SMILES string of the molecule is O=C(N[C@@H]([NH+]1CCCC1)C(Cl)(Cl)Cl)c1cccc([N+](=O)[O-])c1. The van der Waals surface area contributed by atoms with Crippen LogP contribution in [-0.4, -0.2) is 33.9 Å². The van der Waals surface area contributed by atoms with Crippen LogP contribution in [0.2, 0.25) is 0 Å². The average Bonchev–Trinajstić information content (AvgIpc) is 2.97. The van der Waals surface area contributed by atoms with Gasteiger partial charge in [-0.15, -0.1) is 0 Å². The first-order valence-corrected chi connectivity index (χ1v) is 7.89.